The zero-order chi connectivity index (χ0) is 12.9. The summed E-state index contributed by atoms with van der Waals surface area (Å²) in [4.78, 5) is 0. The van der Waals surface area contributed by atoms with Crippen LogP contribution in [0.3, 0.4) is 0 Å². The van der Waals surface area contributed by atoms with Gasteiger partial charge in [-0.05, 0) is 32.9 Å². The molecule has 1 aromatic carbocycles. The standard InChI is InChI=1S/C13H16ClNO2/c1-13(2,3)17-7-6-16-12-8-11(14)5-4-10(12)9-15/h4-5,8H,6-7H2,1-3H3. The fourth-order valence-electron chi connectivity index (χ4n) is 1.21. The lowest BCUT2D eigenvalue weighted by atomic mass is 10.2. The van der Waals surface area contributed by atoms with Crippen LogP contribution >= 0.6 is 11.6 Å². The average Bonchev–Trinajstić information content (AvgIpc) is 2.23. The summed E-state index contributed by atoms with van der Waals surface area (Å²) in [6, 6.07) is 7.00. The summed E-state index contributed by atoms with van der Waals surface area (Å²) in [5.74, 6) is 0.498. The van der Waals surface area contributed by atoms with Gasteiger partial charge in [0.15, 0.2) is 0 Å². The van der Waals surface area contributed by atoms with E-state index < -0.39 is 0 Å². The third kappa shape index (κ3) is 5.08. The number of benzene rings is 1. The van der Waals surface area contributed by atoms with Crippen LogP contribution < -0.4 is 4.74 Å². The van der Waals surface area contributed by atoms with Crippen LogP contribution in [0.5, 0.6) is 5.75 Å². The molecule has 3 nitrogen and oxygen atoms in total. The Bertz CT molecular complexity index is 418. The predicted molar refractivity (Wildman–Crippen MR) is 67.4 cm³/mol. The van der Waals surface area contributed by atoms with Crippen molar-refractivity contribution in [1.29, 1.82) is 5.26 Å². The summed E-state index contributed by atoms with van der Waals surface area (Å²) in [7, 11) is 0. The Balaban J connectivity index is 2.52. The van der Waals surface area contributed by atoms with Gasteiger partial charge in [0.2, 0.25) is 0 Å². The molecule has 0 aromatic heterocycles. The van der Waals surface area contributed by atoms with Crippen LogP contribution in [0.25, 0.3) is 0 Å². The first-order valence-electron chi connectivity index (χ1n) is 5.39. The van der Waals surface area contributed by atoms with Gasteiger partial charge in [0, 0.05) is 11.1 Å². The lowest BCUT2D eigenvalue weighted by Gasteiger charge is -2.19. The van der Waals surface area contributed by atoms with Crippen molar-refractivity contribution in [2.75, 3.05) is 13.2 Å². The van der Waals surface area contributed by atoms with Gasteiger partial charge in [-0.2, -0.15) is 5.26 Å². The summed E-state index contributed by atoms with van der Waals surface area (Å²) < 4.78 is 11.0. The van der Waals surface area contributed by atoms with E-state index in [-0.39, 0.29) is 5.60 Å². The Hall–Kier alpha value is -1.24. The molecule has 0 N–H and O–H groups in total. The normalized spacial score (nSPS) is 11.0. The quantitative estimate of drug-likeness (QED) is 0.773. The summed E-state index contributed by atoms with van der Waals surface area (Å²) in [5, 5.41) is 9.44. The predicted octanol–water partition coefficient (Wildman–Crippen LogP) is 3.41. The maximum atomic E-state index is 8.89. The van der Waals surface area contributed by atoms with Gasteiger partial charge in [-0.3, -0.25) is 0 Å². The number of nitriles is 1. The van der Waals surface area contributed by atoms with Crippen LogP contribution in [0.4, 0.5) is 0 Å². The molecule has 0 radical (unpaired) electrons. The van der Waals surface area contributed by atoms with Gasteiger partial charge >= 0.3 is 0 Å². The molecule has 0 aliphatic heterocycles. The van der Waals surface area contributed by atoms with Crippen LogP contribution in [-0.4, -0.2) is 18.8 Å². The van der Waals surface area contributed by atoms with Crippen molar-refractivity contribution >= 4 is 11.6 Å². The van der Waals surface area contributed by atoms with E-state index in [1.54, 1.807) is 18.2 Å². The first-order chi connectivity index (χ1) is 7.92. The molecule has 17 heavy (non-hydrogen) atoms. The molecule has 0 unspecified atom stereocenters. The van der Waals surface area contributed by atoms with Gasteiger partial charge in [0.1, 0.15) is 18.4 Å². The second-order valence-electron chi connectivity index (χ2n) is 4.56. The zero-order valence-corrected chi connectivity index (χ0v) is 11.0. The molecule has 0 saturated heterocycles. The van der Waals surface area contributed by atoms with E-state index in [0.717, 1.165) is 0 Å². The van der Waals surface area contributed by atoms with E-state index in [1.165, 1.54) is 0 Å². The highest BCUT2D eigenvalue weighted by Gasteiger charge is 2.10. The SMILES string of the molecule is CC(C)(C)OCCOc1cc(Cl)ccc1C#N. The smallest absolute Gasteiger partial charge is 0.138 e. The molecule has 0 aliphatic rings. The maximum Gasteiger partial charge on any atom is 0.138 e. The fourth-order valence-corrected chi connectivity index (χ4v) is 1.37. The van der Waals surface area contributed by atoms with E-state index in [2.05, 4.69) is 6.07 Å². The maximum absolute atomic E-state index is 8.89. The second kappa shape index (κ2) is 5.90. The minimum atomic E-state index is -0.185. The highest BCUT2D eigenvalue weighted by atomic mass is 35.5. The van der Waals surface area contributed by atoms with E-state index in [4.69, 9.17) is 26.3 Å². The molecule has 1 rings (SSSR count). The topological polar surface area (TPSA) is 42.2 Å². The highest BCUT2D eigenvalue weighted by molar-refractivity contribution is 6.30. The molecule has 92 valence electrons. The lowest BCUT2D eigenvalue weighted by Crippen LogP contribution is -2.22. The number of nitrogens with zero attached hydrogens (tertiary/aromatic N) is 1. The van der Waals surface area contributed by atoms with Crippen molar-refractivity contribution in [3.63, 3.8) is 0 Å². The summed E-state index contributed by atoms with van der Waals surface area (Å²) in [6.45, 7) is 6.81. The number of hydrogen-bond acceptors (Lipinski definition) is 3. The van der Waals surface area contributed by atoms with Crippen LogP contribution in [0, 0.1) is 11.3 Å². The molecule has 0 saturated carbocycles. The summed E-state index contributed by atoms with van der Waals surface area (Å²) >= 11 is 5.84. The Labute approximate surface area is 107 Å². The van der Waals surface area contributed by atoms with Gasteiger partial charge in [-0.1, -0.05) is 11.6 Å². The molecule has 0 atom stereocenters. The summed E-state index contributed by atoms with van der Waals surface area (Å²) in [5.41, 5.74) is 0.292. The Morgan fingerprint density at radius 2 is 2.00 bits per heavy atom. The molecular weight excluding hydrogens is 238 g/mol. The molecule has 1 aromatic rings. The zero-order valence-electron chi connectivity index (χ0n) is 10.3. The molecular formula is C13H16ClNO2. The van der Waals surface area contributed by atoms with E-state index in [9.17, 15) is 0 Å². The van der Waals surface area contributed by atoms with Crippen molar-refractivity contribution in [2.45, 2.75) is 26.4 Å². The third-order valence-electron chi connectivity index (χ3n) is 1.94. The van der Waals surface area contributed by atoms with Gasteiger partial charge in [0.05, 0.1) is 17.8 Å². The van der Waals surface area contributed by atoms with Gasteiger partial charge in [0.25, 0.3) is 0 Å². The minimum absolute atomic E-state index is 0.185. The van der Waals surface area contributed by atoms with Crippen molar-refractivity contribution in [1.82, 2.24) is 0 Å². The molecule has 0 fully saturated rings. The monoisotopic (exact) mass is 253 g/mol. The second-order valence-corrected chi connectivity index (χ2v) is 5.00. The minimum Gasteiger partial charge on any atom is -0.490 e. The van der Waals surface area contributed by atoms with Gasteiger partial charge in [-0.25, -0.2) is 0 Å². The molecule has 4 heteroatoms. The van der Waals surface area contributed by atoms with E-state index >= 15 is 0 Å². The number of ether oxygens (including phenoxy) is 2. The Kier molecular flexibility index (Phi) is 4.80. The highest BCUT2D eigenvalue weighted by Crippen LogP contribution is 2.22. The molecule has 0 aliphatic carbocycles. The van der Waals surface area contributed by atoms with Crippen molar-refractivity contribution in [2.24, 2.45) is 0 Å². The third-order valence-corrected chi connectivity index (χ3v) is 2.18. The van der Waals surface area contributed by atoms with Gasteiger partial charge < -0.3 is 9.47 Å². The first kappa shape index (κ1) is 13.8. The number of halogens is 1. The van der Waals surface area contributed by atoms with E-state index in [1.807, 2.05) is 20.8 Å². The Morgan fingerprint density at radius 3 is 2.59 bits per heavy atom. The van der Waals surface area contributed by atoms with Crippen LogP contribution in [0.2, 0.25) is 5.02 Å². The largest absolute Gasteiger partial charge is 0.490 e. The van der Waals surface area contributed by atoms with Crippen molar-refractivity contribution in [3.8, 4) is 11.8 Å². The molecule has 0 spiro atoms. The van der Waals surface area contributed by atoms with Crippen LogP contribution in [-0.2, 0) is 4.74 Å². The molecule has 0 amide bonds. The number of rotatable bonds is 4. The van der Waals surface area contributed by atoms with Crippen molar-refractivity contribution < 1.29 is 9.47 Å². The van der Waals surface area contributed by atoms with Gasteiger partial charge in [-0.15, -0.1) is 0 Å². The van der Waals surface area contributed by atoms with Crippen LogP contribution in [0.1, 0.15) is 26.3 Å². The first-order valence-corrected chi connectivity index (χ1v) is 5.76. The molecule has 0 heterocycles. The Morgan fingerprint density at radius 1 is 1.29 bits per heavy atom. The van der Waals surface area contributed by atoms with Crippen molar-refractivity contribution in [3.05, 3.63) is 28.8 Å². The molecule has 0 bridgehead atoms. The van der Waals surface area contributed by atoms with E-state index in [0.29, 0.717) is 29.5 Å². The van der Waals surface area contributed by atoms with Crippen LogP contribution in [0.15, 0.2) is 18.2 Å². The fraction of sp³-hybridized carbons (Fsp3) is 0.462. The average molecular weight is 254 g/mol. The lowest BCUT2D eigenvalue weighted by molar-refractivity contribution is -0.0163. The summed E-state index contributed by atoms with van der Waals surface area (Å²) in [6.07, 6.45) is 0. The number of hydrogen-bond donors (Lipinski definition) is 0.